The number of aliphatic hydroxyl groups is 1. The van der Waals surface area contributed by atoms with Crippen LogP contribution in [-0.2, 0) is 14.3 Å². The molecule has 8 heteroatoms. The first-order valence-electron chi connectivity index (χ1n) is 8.10. The standard InChI is InChI=1S/C16H21N3O4S/c20-9-13-12(18-15(22)10-2-1-3-10)5-4-11(23-13)8-14(21)19-16-17-6-7-24-16/h4-7,10-13,20H,1-3,8-9H2,(H,18,22)(H,17,19,21)/t11-,12-,13-/m1/s1. The predicted octanol–water partition coefficient (Wildman–Crippen LogP) is 1.07. The van der Waals surface area contributed by atoms with Crippen LogP contribution in [-0.4, -0.2) is 46.8 Å². The van der Waals surface area contributed by atoms with E-state index in [9.17, 15) is 14.7 Å². The van der Waals surface area contributed by atoms with Crippen LogP contribution in [0.3, 0.4) is 0 Å². The van der Waals surface area contributed by atoms with E-state index in [1.54, 1.807) is 17.7 Å². The summed E-state index contributed by atoms with van der Waals surface area (Å²) in [6.07, 6.45) is 7.29. The minimum atomic E-state index is -0.545. The van der Waals surface area contributed by atoms with Gasteiger partial charge in [-0.2, -0.15) is 0 Å². The molecule has 3 N–H and O–H groups in total. The van der Waals surface area contributed by atoms with Gasteiger partial charge < -0.3 is 20.5 Å². The summed E-state index contributed by atoms with van der Waals surface area (Å²) in [5, 5.41) is 17.5. The lowest BCUT2D eigenvalue weighted by Gasteiger charge is -2.33. The maximum atomic E-state index is 12.0. The number of nitrogens with zero attached hydrogens (tertiary/aromatic N) is 1. The van der Waals surface area contributed by atoms with Gasteiger partial charge in [0, 0.05) is 17.5 Å². The number of hydrogen-bond acceptors (Lipinski definition) is 6. The van der Waals surface area contributed by atoms with Crippen molar-refractivity contribution in [2.75, 3.05) is 11.9 Å². The van der Waals surface area contributed by atoms with Crippen molar-refractivity contribution in [2.24, 2.45) is 5.92 Å². The van der Waals surface area contributed by atoms with Crippen LogP contribution in [0.2, 0.25) is 0 Å². The van der Waals surface area contributed by atoms with Gasteiger partial charge >= 0.3 is 0 Å². The van der Waals surface area contributed by atoms with Crippen LogP contribution >= 0.6 is 11.3 Å². The zero-order valence-corrected chi connectivity index (χ0v) is 14.0. The Kier molecular flexibility index (Phi) is 5.60. The van der Waals surface area contributed by atoms with Gasteiger partial charge in [-0.3, -0.25) is 9.59 Å². The van der Waals surface area contributed by atoms with Crippen molar-refractivity contribution in [2.45, 2.75) is 43.9 Å². The molecule has 0 unspecified atom stereocenters. The summed E-state index contributed by atoms with van der Waals surface area (Å²) in [6, 6.07) is -0.360. The van der Waals surface area contributed by atoms with Gasteiger partial charge in [0.1, 0.15) is 6.10 Å². The Balaban J connectivity index is 1.52. The minimum Gasteiger partial charge on any atom is -0.394 e. The Morgan fingerprint density at radius 3 is 2.83 bits per heavy atom. The van der Waals surface area contributed by atoms with Crippen LogP contribution in [0.1, 0.15) is 25.7 Å². The SMILES string of the molecule is O=C(C[C@H]1C=C[C@@H](NC(=O)C2CCC2)[C@@H](CO)O1)Nc1nccs1. The third-order valence-electron chi connectivity index (χ3n) is 4.31. The third-order valence-corrected chi connectivity index (χ3v) is 5.00. The number of amides is 2. The molecule has 3 atom stereocenters. The number of thiazole rings is 1. The number of carbonyl (C=O) groups excluding carboxylic acids is 2. The van der Waals surface area contributed by atoms with Crippen LogP contribution < -0.4 is 10.6 Å². The molecule has 2 amide bonds. The maximum absolute atomic E-state index is 12.0. The van der Waals surface area contributed by atoms with Gasteiger partial charge in [0.05, 0.1) is 25.2 Å². The van der Waals surface area contributed by atoms with Crippen molar-refractivity contribution < 1.29 is 19.4 Å². The molecule has 0 saturated heterocycles. The average Bonchev–Trinajstić information content (AvgIpc) is 2.99. The quantitative estimate of drug-likeness (QED) is 0.666. The van der Waals surface area contributed by atoms with Crippen LogP contribution in [0.5, 0.6) is 0 Å². The Morgan fingerprint density at radius 1 is 1.38 bits per heavy atom. The molecule has 7 nitrogen and oxygen atoms in total. The second-order valence-electron chi connectivity index (χ2n) is 6.03. The molecule has 1 saturated carbocycles. The summed E-state index contributed by atoms with van der Waals surface area (Å²) in [5.74, 6) is -0.106. The molecule has 130 valence electrons. The van der Waals surface area contributed by atoms with Gasteiger partial charge in [0.15, 0.2) is 5.13 Å². The molecule has 0 spiro atoms. The summed E-state index contributed by atoms with van der Waals surface area (Å²) >= 11 is 1.35. The van der Waals surface area contributed by atoms with E-state index in [-0.39, 0.29) is 36.8 Å². The molecule has 2 aliphatic rings. The van der Waals surface area contributed by atoms with Gasteiger partial charge in [-0.1, -0.05) is 18.6 Å². The molecule has 0 aromatic carbocycles. The Labute approximate surface area is 144 Å². The Bertz CT molecular complexity index is 600. The van der Waals surface area contributed by atoms with E-state index in [1.165, 1.54) is 11.3 Å². The second kappa shape index (κ2) is 7.87. The first-order valence-corrected chi connectivity index (χ1v) is 8.98. The van der Waals surface area contributed by atoms with E-state index in [0.29, 0.717) is 5.13 Å². The number of rotatable bonds is 6. The summed E-state index contributed by atoms with van der Waals surface area (Å²) in [4.78, 5) is 28.0. The molecule has 0 bridgehead atoms. The molecule has 1 aromatic heterocycles. The topological polar surface area (TPSA) is 101 Å². The van der Waals surface area contributed by atoms with E-state index in [0.717, 1.165) is 19.3 Å². The smallest absolute Gasteiger partial charge is 0.229 e. The fourth-order valence-corrected chi connectivity index (χ4v) is 3.27. The van der Waals surface area contributed by atoms with Crippen molar-refractivity contribution in [1.29, 1.82) is 0 Å². The lowest BCUT2D eigenvalue weighted by Crippen LogP contribution is -2.51. The summed E-state index contributed by atoms with van der Waals surface area (Å²) in [6.45, 7) is -0.218. The molecule has 1 fully saturated rings. The largest absolute Gasteiger partial charge is 0.394 e. The summed E-state index contributed by atoms with van der Waals surface area (Å²) in [7, 11) is 0. The van der Waals surface area contributed by atoms with E-state index in [1.807, 2.05) is 6.08 Å². The number of ether oxygens (including phenoxy) is 1. The zero-order chi connectivity index (χ0) is 16.9. The van der Waals surface area contributed by atoms with Crippen molar-refractivity contribution in [3.8, 4) is 0 Å². The Morgan fingerprint density at radius 2 is 2.21 bits per heavy atom. The van der Waals surface area contributed by atoms with Gasteiger partial charge in [0.25, 0.3) is 0 Å². The number of aliphatic hydroxyl groups excluding tert-OH is 1. The van der Waals surface area contributed by atoms with Crippen molar-refractivity contribution in [3.63, 3.8) is 0 Å². The van der Waals surface area contributed by atoms with Gasteiger partial charge in [-0.15, -0.1) is 11.3 Å². The van der Waals surface area contributed by atoms with Crippen LogP contribution in [0, 0.1) is 5.92 Å². The van der Waals surface area contributed by atoms with Crippen molar-refractivity contribution in [1.82, 2.24) is 10.3 Å². The number of anilines is 1. The van der Waals surface area contributed by atoms with Crippen LogP contribution in [0.25, 0.3) is 0 Å². The van der Waals surface area contributed by atoms with E-state index >= 15 is 0 Å². The predicted molar refractivity (Wildman–Crippen MR) is 89.5 cm³/mol. The average molecular weight is 351 g/mol. The van der Waals surface area contributed by atoms with Gasteiger partial charge in [0.2, 0.25) is 11.8 Å². The molecule has 2 heterocycles. The Hall–Kier alpha value is -1.77. The van der Waals surface area contributed by atoms with E-state index < -0.39 is 12.2 Å². The lowest BCUT2D eigenvalue weighted by atomic mass is 9.84. The van der Waals surface area contributed by atoms with Crippen LogP contribution in [0.4, 0.5) is 5.13 Å². The molecule has 1 aliphatic carbocycles. The highest BCUT2D eigenvalue weighted by molar-refractivity contribution is 7.13. The van der Waals surface area contributed by atoms with E-state index in [2.05, 4.69) is 15.6 Å². The first-order chi connectivity index (χ1) is 11.7. The molecule has 24 heavy (non-hydrogen) atoms. The second-order valence-corrected chi connectivity index (χ2v) is 6.93. The first kappa shape index (κ1) is 17.1. The highest BCUT2D eigenvalue weighted by Crippen LogP contribution is 2.27. The molecule has 1 aliphatic heterocycles. The zero-order valence-electron chi connectivity index (χ0n) is 13.2. The fraction of sp³-hybridized carbons (Fsp3) is 0.562. The molecule has 3 rings (SSSR count). The summed E-state index contributed by atoms with van der Waals surface area (Å²) < 4.78 is 5.74. The molecule has 0 radical (unpaired) electrons. The normalized spacial score (nSPS) is 26.6. The number of aromatic nitrogens is 1. The lowest BCUT2D eigenvalue weighted by molar-refractivity contribution is -0.131. The van der Waals surface area contributed by atoms with Crippen molar-refractivity contribution >= 4 is 28.3 Å². The molecular weight excluding hydrogens is 330 g/mol. The number of nitrogens with one attached hydrogen (secondary N) is 2. The number of hydrogen-bond donors (Lipinski definition) is 3. The molecule has 1 aromatic rings. The minimum absolute atomic E-state index is 0.0120. The van der Waals surface area contributed by atoms with Crippen molar-refractivity contribution in [3.05, 3.63) is 23.7 Å². The third kappa shape index (κ3) is 4.19. The summed E-state index contributed by atoms with van der Waals surface area (Å²) in [5.41, 5.74) is 0. The number of carbonyl (C=O) groups is 2. The highest BCUT2D eigenvalue weighted by atomic mass is 32.1. The fourth-order valence-electron chi connectivity index (χ4n) is 2.73. The van der Waals surface area contributed by atoms with Gasteiger partial charge in [-0.05, 0) is 12.8 Å². The highest BCUT2D eigenvalue weighted by Gasteiger charge is 2.32. The van der Waals surface area contributed by atoms with E-state index in [4.69, 9.17) is 4.74 Å². The van der Waals surface area contributed by atoms with Gasteiger partial charge in [-0.25, -0.2) is 4.98 Å². The van der Waals surface area contributed by atoms with Crippen LogP contribution in [0.15, 0.2) is 23.7 Å². The monoisotopic (exact) mass is 351 g/mol. The maximum Gasteiger partial charge on any atom is 0.229 e. The molecular formula is C16H21N3O4S.